The van der Waals surface area contributed by atoms with Crippen molar-refractivity contribution in [1.29, 1.82) is 0 Å². The summed E-state index contributed by atoms with van der Waals surface area (Å²) in [7, 11) is 0. The fourth-order valence-corrected chi connectivity index (χ4v) is 8.21. The van der Waals surface area contributed by atoms with Gasteiger partial charge in [0, 0.05) is 57.0 Å². The number of amides is 2. The molecule has 5 rings (SSSR count). The molecular formula is C32H48F3N5O5. The molecule has 1 spiro atoms. The van der Waals surface area contributed by atoms with Gasteiger partial charge in [-0.25, -0.2) is 4.79 Å². The highest BCUT2D eigenvalue weighted by atomic mass is 19.4. The van der Waals surface area contributed by atoms with Crippen LogP contribution in [0.25, 0.3) is 0 Å². The van der Waals surface area contributed by atoms with Crippen LogP contribution in [0.4, 0.5) is 18.0 Å². The van der Waals surface area contributed by atoms with Gasteiger partial charge in [-0.2, -0.15) is 13.2 Å². The summed E-state index contributed by atoms with van der Waals surface area (Å²) in [5.41, 5.74) is -1.40. The molecule has 0 aromatic carbocycles. The van der Waals surface area contributed by atoms with Gasteiger partial charge in [-0.1, -0.05) is 24.9 Å². The van der Waals surface area contributed by atoms with Gasteiger partial charge in [0.05, 0.1) is 11.7 Å². The predicted molar refractivity (Wildman–Crippen MR) is 160 cm³/mol. The van der Waals surface area contributed by atoms with Gasteiger partial charge in [0.25, 0.3) is 11.7 Å². The lowest BCUT2D eigenvalue weighted by atomic mass is 9.73. The number of ketones is 1. The van der Waals surface area contributed by atoms with Crippen molar-refractivity contribution in [2.45, 2.75) is 109 Å². The molecule has 4 fully saturated rings. The second-order valence-electron chi connectivity index (χ2n) is 13.8. The third-order valence-electron chi connectivity index (χ3n) is 11.0. The molecule has 1 aromatic heterocycles. The molecule has 10 nitrogen and oxygen atoms in total. The number of piperidine rings is 3. The number of hydrogen-bond donors (Lipinski definition) is 1. The molecule has 1 unspecified atom stereocenters. The lowest BCUT2D eigenvalue weighted by Gasteiger charge is -2.55. The minimum atomic E-state index is -4.80. The van der Waals surface area contributed by atoms with Crippen LogP contribution in [-0.4, -0.2) is 101 Å². The quantitative estimate of drug-likeness (QED) is 0.422. The minimum absolute atomic E-state index is 0.0189. The van der Waals surface area contributed by atoms with Gasteiger partial charge in [0.15, 0.2) is 5.78 Å². The van der Waals surface area contributed by atoms with E-state index in [9.17, 15) is 27.6 Å². The van der Waals surface area contributed by atoms with Crippen LogP contribution in [0.2, 0.25) is 0 Å². The Morgan fingerprint density at radius 2 is 1.73 bits per heavy atom. The van der Waals surface area contributed by atoms with Crippen LogP contribution in [-0.2, 0) is 15.7 Å². The van der Waals surface area contributed by atoms with E-state index in [1.54, 1.807) is 11.8 Å². The Morgan fingerprint density at radius 1 is 1.09 bits per heavy atom. The van der Waals surface area contributed by atoms with Crippen molar-refractivity contribution in [1.82, 2.24) is 25.2 Å². The highest BCUT2D eigenvalue weighted by Crippen LogP contribution is 2.44. The number of alkyl halides is 3. The molecule has 1 aromatic rings. The first kappa shape index (κ1) is 33.7. The standard InChI is InChI=1S/C32H48F3N5O5/c1-5-6-7-24-20-40(26(22(3)41)23-8-14-36-15-9-23)29(43)44-31(24)12-18-39(19-13-31)30(4)10-16-38(17-11-30)28(42)25-21(2)37-45-27(25)32(33,34)35/h23-24,26,36H,5-20H2,1-4H3/t24?,26-/m1/s1. The maximum absolute atomic E-state index is 13.6. The number of hydrogen-bond acceptors (Lipinski definition) is 8. The van der Waals surface area contributed by atoms with Crippen molar-refractivity contribution >= 4 is 17.8 Å². The average molecular weight is 640 g/mol. The fraction of sp³-hybridized carbons (Fsp3) is 0.812. The number of unbranched alkanes of at least 4 members (excludes halogenated alkanes) is 1. The number of nitrogens with one attached hydrogen (secondary N) is 1. The molecule has 2 atom stereocenters. The topological polar surface area (TPSA) is 108 Å². The highest BCUT2D eigenvalue weighted by Gasteiger charge is 2.54. The van der Waals surface area contributed by atoms with Gasteiger partial charge in [-0.05, 0) is 71.9 Å². The Hall–Kier alpha value is -2.67. The van der Waals surface area contributed by atoms with E-state index in [0.29, 0.717) is 58.4 Å². The van der Waals surface area contributed by atoms with Crippen LogP contribution < -0.4 is 5.32 Å². The molecule has 4 saturated heterocycles. The predicted octanol–water partition coefficient (Wildman–Crippen LogP) is 5.05. The third kappa shape index (κ3) is 6.75. The number of carbonyl (C=O) groups is 3. The zero-order chi connectivity index (χ0) is 32.6. The van der Waals surface area contributed by atoms with Gasteiger partial charge in [-0.15, -0.1) is 0 Å². The summed E-state index contributed by atoms with van der Waals surface area (Å²) >= 11 is 0. The van der Waals surface area contributed by atoms with Gasteiger partial charge >= 0.3 is 12.3 Å². The Morgan fingerprint density at radius 3 is 2.31 bits per heavy atom. The van der Waals surface area contributed by atoms with Crippen LogP contribution in [0.1, 0.15) is 100 Å². The summed E-state index contributed by atoms with van der Waals surface area (Å²) in [5, 5.41) is 6.76. The first-order valence-corrected chi connectivity index (χ1v) is 16.6. The van der Waals surface area contributed by atoms with Gasteiger partial charge in [0.1, 0.15) is 11.2 Å². The molecule has 45 heavy (non-hydrogen) atoms. The molecule has 5 heterocycles. The van der Waals surface area contributed by atoms with E-state index in [4.69, 9.17) is 4.74 Å². The highest BCUT2D eigenvalue weighted by molar-refractivity contribution is 5.96. The van der Waals surface area contributed by atoms with E-state index >= 15 is 0 Å². The van der Waals surface area contributed by atoms with Crippen LogP contribution in [0.5, 0.6) is 0 Å². The molecule has 0 radical (unpaired) electrons. The average Bonchev–Trinajstić information content (AvgIpc) is 3.40. The maximum Gasteiger partial charge on any atom is 0.453 e. The lowest BCUT2D eigenvalue weighted by Crippen LogP contribution is -2.65. The van der Waals surface area contributed by atoms with Crippen molar-refractivity contribution < 1.29 is 36.8 Å². The van der Waals surface area contributed by atoms with E-state index in [2.05, 4.69) is 33.7 Å². The smallest absolute Gasteiger partial charge is 0.442 e. The number of Topliss-reactive ketones (excluding diaryl/α,β-unsaturated/α-hetero) is 1. The van der Waals surface area contributed by atoms with Crippen molar-refractivity contribution in [3.8, 4) is 0 Å². The summed E-state index contributed by atoms with van der Waals surface area (Å²) in [6, 6.07) is -0.457. The van der Waals surface area contributed by atoms with E-state index in [1.165, 1.54) is 11.8 Å². The van der Waals surface area contributed by atoms with Crippen LogP contribution in [0.3, 0.4) is 0 Å². The molecule has 0 bridgehead atoms. The number of rotatable bonds is 8. The first-order chi connectivity index (χ1) is 21.3. The summed E-state index contributed by atoms with van der Waals surface area (Å²) in [5.74, 6) is -1.77. The summed E-state index contributed by atoms with van der Waals surface area (Å²) < 4.78 is 51.2. The van der Waals surface area contributed by atoms with Gasteiger partial charge in [-0.3, -0.25) is 19.4 Å². The molecule has 13 heteroatoms. The van der Waals surface area contributed by atoms with Gasteiger partial charge in [0.2, 0.25) is 0 Å². The Balaban J connectivity index is 1.24. The zero-order valence-electron chi connectivity index (χ0n) is 27.0. The zero-order valence-corrected chi connectivity index (χ0v) is 27.0. The molecule has 2 amide bonds. The Labute approximate surface area is 263 Å². The van der Waals surface area contributed by atoms with Crippen molar-refractivity contribution in [3.05, 3.63) is 17.0 Å². The lowest BCUT2D eigenvalue weighted by molar-refractivity contribution is -0.156. The minimum Gasteiger partial charge on any atom is -0.442 e. The molecule has 0 saturated carbocycles. The first-order valence-electron chi connectivity index (χ1n) is 16.6. The Kier molecular flexibility index (Phi) is 9.89. The summed E-state index contributed by atoms with van der Waals surface area (Å²) in [6.45, 7) is 11.5. The van der Waals surface area contributed by atoms with Crippen molar-refractivity contribution in [2.24, 2.45) is 11.8 Å². The third-order valence-corrected chi connectivity index (χ3v) is 11.0. The second-order valence-corrected chi connectivity index (χ2v) is 13.8. The van der Waals surface area contributed by atoms with Crippen LogP contribution in [0, 0.1) is 18.8 Å². The number of carbonyl (C=O) groups excluding carboxylic acids is 3. The number of aromatic nitrogens is 1. The molecule has 0 aliphatic carbocycles. The fourth-order valence-electron chi connectivity index (χ4n) is 8.21. The summed E-state index contributed by atoms with van der Waals surface area (Å²) in [4.78, 5) is 45.3. The summed E-state index contributed by atoms with van der Waals surface area (Å²) in [6.07, 6.45) is 2.11. The van der Waals surface area contributed by atoms with Gasteiger partial charge < -0.3 is 19.5 Å². The van der Waals surface area contributed by atoms with E-state index in [-0.39, 0.29) is 34.9 Å². The van der Waals surface area contributed by atoms with E-state index < -0.39 is 35.1 Å². The SMILES string of the molecule is CCCCC1CN([C@H](C(C)=O)C2CCNCC2)C(=O)OC12CCN(C1(C)CCN(C(=O)c3c(C)noc3C(F)(F)F)CC1)CC2. The monoisotopic (exact) mass is 639 g/mol. The number of ether oxygens (including phenoxy) is 1. The Bertz CT molecular complexity index is 1230. The molecule has 4 aliphatic rings. The number of aryl methyl sites for hydroxylation is 1. The molecule has 252 valence electrons. The van der Waals surface area contributed by atoms with E-state index in [1.807, 2.05) is 0 Å². The maximum atomic E-state index is 13.6. The van der Waals surface area contributed by atoms with Crippen molar-refractivity contribution in [3.63, 3.8) is 0 Å². The molecular weight excluding hydrogens is 591 g/mol. The van der Waals surface area contributed by atoms with Crippen LogP contribution in [0.15, 0.2) is 4.52 Å². The van der Waals surface area contributed by atoms with E-state index in [0.717, 1.165) is 45.2 Å². The number of likely N-dealkylation sites (tertiary alicyclic amines) is 2. The molecule has 4 aliphatic heterocycles. The largest absolute Gasteiger partial charge is 0.453 e. The van der Waals surface area contributed by atoms with Crippen LogP contribution >= 0.6 is 0 Å². The normalized spacial score (nSPS) is 25.3. The van der Waals surface area contributed by atoms with Crippen molar-refractivity contribution in [2.75, 3.05) is 45.8 Å². The molecule has 1 N–H and O–H groups in total. The number of halogens is 3. The number of nitrogens with zero attached hydrogens (tertiary/aromatic N) is 4. The second kappa shape index (κ2) is 13.2.